The molecule has 1 aromatic heterocycles. The molecule has 0 unspecified atom stereocenters. The van der Waals surface area contributed by atoms with Gasteiger partial charge in [0.1, 0.15) is 0 Å². The van der Waals surface area contributed by atoms with Gasteiger partial charge in [0, 0.05) is 0 Å². The number of para-hydroxylation sites is 1. The topological polar surface area (TPSA) is 119 Å². The molecule has 0 spiro atoms. The van der Waals surface area contributed by atoms with Gasteiger partial charge in [-0.2, -0.15) is 5.10 Å². The second-order valence-corrected chi connectivity index (χ2v) is 8.07. The van der Waals surface area contributed by atoms with Crippen LogP contribution in [0.5, 0.6) is 11.5 Å². The largest absolute Gasteiger partial charge is 0.490 e. The first-order valence-corrected chi connectivity index (χ1v) is 11.8. The summed E-state index contributed by atoms with van der Waals surface area (Å²) in [6.07, 6.45) is 2.82. The molecule has 0 bridgehead atoms. The number of benzene rings is 3. The number of esters is 1. The molecule has 0 saturated heterocycles. The van der Waals surface area contributed by atoms with Gasteiger partial charge in [0.2, 0.25) is 0 Å². The summed E-state index contributed by atoms with van der Waals surface area (Å²) < 4.78 is 16.3. The fraction of sp³-hybridized carbons (Fsp3) is 0.103. The lowest BCUT2D eigenvalue weighted by Gasteiger charge is -2.11. The molecule has 0 fully saturated rings. The molecule has 2 amide bonds. The number of furan rings is 1. The van der Waals surface area contributed by atoms with Crippen molar-refractivity contribution in [1.82, 2.24) is 5.43 Å². The molecule has 3 aromatic carbocycles. The monoisotopic (exact) mass is 511 g/mol. The quantitative estimate of drug-likeness (QED) is 0.138. The van der Waals surface area contributed by atoms with Gasteiger partial charge < -0.3 is 19.2 Å². The van der Waals surface area contributed by atoms with Crippen molar-refractivity contribution in [3.05, 3.63) is 113 Å². The molecule has 0 aliphatic heterocycles. The highest BCUT2D eigenvalue weighted by atomic mass is 16.6. The molecular weight excluding hydrogens is 486 g/mol. The summed E-state index contributed by atoms with van der Waals surface area (Å²) in [6, 6.07) is 21.7. The molecule has 9 nitrogen and oxygen atoms in total. The van der Waals surface area contributed by atoms with Crippen LogP contribution in [0.3, 0.4) is 0 Å². The molecule has 0 saturated carbocycles. The molecule has 0 radical (unpaired) electrons. The Morgan fingerprint density at radius 1 is 0.921 bits per heavy atom. The number of nitrogens with zero attached hydrogens (tertiary/aromatic N) is 1. The Balaban J connectivity index is 1.44. The van der Waals surface area contributed by atoms with Crippen molar-refractivity contribution in [3.8, 4) is 11.5 Å². The maximum absolute atomic E-state index is 12.7. The SMILES string of the molecule is CCOc1cc(/C=N\NC(=O)c2ccccc2NC(=O)c2ccco2)ccc1OC(=O)c1cccc(C)c1. The van der Waals surface area contributed by atoms with Crippen LogP contribution < -0.4 is 20.2 Å². The molecule has 0 aliphatic rings. The Labute approximate surface area is 219 Å². The van der Waals surface area contributed by atoms with E-state index in [1.165, 1.54) is 18.5 Å². The van der Waals surface area contributed by atoms with Crippen LogP contribution in [0.15, 0.2) is 94.6 Å². The zero-order chi connectivity index (χ0) is 26.9. The molecule has 0 aliphatic carbocycles. The summed E-state index contributed by atoms with van der Waals surface area (Å²) in [5.41, 5.74) is 4.95. The first kappa shape index (κ1) is 25.9. The predicted molar refractivity (Wildman–Crippen MR) is 142 cm³/mol. The number of hydrogen-bond donors (Lipinski definition) is 2. The third-order valence-electron chi connectivity index (χ3n) is 5.27. The zero-order valence-electron chi connectivity index (χ0n) is 20.8. The first-order valence-electron chi connectivity index (χ1n) is 11.8. The number of rotatable bonds is 9. The van der Waals surface area contributed by atoms with Gasteiger partial charge in [-0.15, -0.1) is 0 Å². The summed E-state index contributed by atoms with van der Waals surface area (Å²) in [4.78, 5) is 37.6. The zero-order valence-corrected chi connectivity index (χ0v) is 20.8. The lowest BCUT2D eigenvalue weighted by atomic mass is 10.1. The van der Waals surface area contributed by atoms with Gasteiger partial charge in [-0.1, -0.05) is 29.8 Å². The van der Waals surface area contributed by atoms with Crippen molar-refractivity contribution >= 4 is 29.7 Å². The molecule has 9 heteroatoms. The second-order valence-electron chi connectivity index (χ2n) is 8.07. The van der Waals surface area contributed by atoms with E-state index in [0.717, 1.165) is 5.56 Å². The number of nitrogens with one attached hydrogen (secondary N) is 2. The number of amides is 2. The van der Waals surface area contributed by atoms with Gasteiger partial charge in [0.05, 0.1) is 35.9 Å². The van der Waals surface area contributed by atoms with Gasteiger partial charge in [-0.25, -0.2) is 10.2 Å². The Bertz CT molecular complexity index is 1480. The Hall–Kier alpha value is -5.18. The molecule has 38 heavy (non-hydrogen) atoms. The average molecular weight is 512 g/mol. The fourth-order valence-electron chi connectivity index (χ4n) is 3.50. The minimum absolute atomic E-state index is 0.122. The van der Waals surface area contributed by atoms with E-state index in [-0.39, 0.29) is 17.1 Å². The number of hydrazone groups is 1. The lowest BCUT2D eigenvalue weighted by molar-refractivity contribution is 0.0727. The molecule has 0 atom stereocenters. The molecule has 1 heterocycles. The Morgan fingerprint density at radius 2 is 1.76 bits per heavy atom. The highest BCUT2D eigenvalue weighted by Gasteiger charge is 2.16. The summed E-state index contributed by atoms with van der Waals surface area (Å²) >= 11 is 0. The van der Waals surface area contributed by atoms with Crippen molar-refractivity contribution in [2.24, 2.45) is 5.10 Å². The lowest BCUT2D eigenvalue weighted by Crippen LogP contribution is -2.21. The number of carbonyl (C=O) groups is 3. The van der Waals surface area contributed by atoms with Gasteiger partial charge in [0.25, 0.3) is 11.8 Å². The van der Waals surface area contributed by atoms with E-state index in [9.17, 15) is 14.4 Å². The van der Waals surface area contributed by atoms with E-state index < -0.39 is 17.8 Å². The van der Waals surface area contributed by atoms with Gasteiger partial charge in [0.15, 0.2) is 17.3 Å². The van der Waals surface area contributed by atoms with Crippen molar-refractivity contribution in [1.29, 1.82) is 0 Å². The highest BCUT2D eigenvalue weighted by Crippen LogP contribution is 2.29. The second kappa shape index (κ2) is 12.2. The van der Waals surface area contributed by atoms with Gasteiger partial charge >= 0.3 is 5.97 Å². The van der Waals surface area contributed by atoms with Crippen LogP contribution in [-0.4, -0.2) is 30.6 Å². The van der Waals surface area contributed by atoms with Crippen molar-refractivity contribution in [2.75, 3.05) is 11.9 Å². The highest BCUT2D eigenvalue weighted by molar-refractivity contribution is 6.08. The average Bonchev–Trinajstić information content (AvgIpc) is 3.46. The molecular formula is C29H25N3O6. The number of ether oxygens (including phenoxy) is 2. The maximum Gasteiger partial charge on any atom is 0.343 e. The Morgan fingerprint density at radius 3 is 2.53 bits per heavy atom. The van der Waals surface area contributed by atoms with Crippen LogP contribution in [0.25, 0.3) is 0 Å². The number of hydrogen-bond acceptors (Lipinski definition) is 7. The van der Waals surface area contributed by atoms with E-state index in [2.05, 4.69) is 15.8 Å². The summed E-state index contributed by atoms with van der Waals surface area (Å²) in [5.74, 6) is -0.760. The van der Waals surface area contributed by atoms with Gasteiger partial charge in [-0.3, -0.25) is 9.59 Å². The fourth-order valence-corrected chi connectivity index (χ4v) is 3.50. The van der Waals surface area contributed by atoms with Crippen LogP contribution in [0.1, 0.15) is 49.3 Å². The molecule has 4 aromatic rings. The van der Waals surface area contributed by atoms with E-state index in [1.54, 1.807) is 66.7 Å². The predicted octanol–water partition coefficient (Wildman–Crippen LogP) is 5.22. The van der Waals surface area contributed by atoms with E-state index in [4.69, 9.17) is 13.9 Å². The number of carbonyl (C=O) groups excluding carboxylic acids is 3. The first-order chi connectivity index (χ1) is 18.4. The van der Waals surface area contributed by atoms with Crippen molar-refractivity contribution < 1.29 is 28.3 Å². The summed E-state index contributed by atoms with van der Waals surface area (Å²) in [6.45, 7) is 4.06. The van der Waals surface area contributed by atoms with Crippen LogP contribution in [0.4, 0.5) is 5.69 Å². The summed E-state index contributed by atoms with van der Waals surface area (Å²) in [5, 5.41) is 6.67. The standard InChI is InChI=1S/C29H25N3O6/c1-3-36-26-17-20(13-14-24(26)38-29(35)21-9-6-8-19(2)16-21)18-30-32-27(33)22-10-4-5-11-23(22)31-28(34)25-12-7-15-37-25/h4-18H,3H2,1-2H3,(H,31,34)(H,32,33)/b30-18-. The van der Waals surface area contributed by atoms with E-state index >= 15 is 0 Å². The van der Waals surface area contributed by atoms with Crippen LogP contribution in [-0.2, 0) is 0 Å². The summed E-state index contributed by atoms with van der Waals surface area (Å²) in [7, 11) is 0. The molecule has 2 N–H and O–H groups in total. The van der Waals surface area contributed by atoms with Crippen molar-refractivity contribution in [2.45, 2.75) is 13.8 Å². The third kappa shape index (κ3) is 6.52. The van der Waals surface area contributed by atoms with Crippen LogP contribution >= 0.6 is 0 Å². The number of aryl methyl sites for hydroxylation is 1. The van der Waals surface area contributed by atoms with E-state index in [0.29, 0.717) is 29.2 Å². The van der Waals surface area contributed by atoms with Gasteiger partial charge in [-0.05, 0) is 74.0 Å². The maximum atomic E-state index is 12.7. The number of anilines is 1. The molecule has 192 valence electrons. The van der Waals surface area contributed by atoms with Crippen molar-refractivity contribution in [3.63, 3.8) is 0 Å². The normalized spacial score (nSPS) is 10.7. The van der Waals surface area contributed by atoms with E-state index in [1.807, 2.05) is 19.9 Å². The minimum Gasteiger partial charge on any atom is -0.490 e. The Kier molecular flexibility index (Phi) is 8.30. The van der Waals surface area contributed by atoms with Crippen LogP contribution in [0.2, 0.25) is 0 Å². The molecule has 4 rings (SSSR count). The third-order valence-corrected chi connectivity index (χ3v) is 5.27. The van der Waals surface area contributed by atoms with Crippen LogP contribution in [0, 0.1) is 6.92 Å². The minimum atomic E-state index is -0.523. The smallest absolute Gasteiger partial charge is 0.343 e.